The molecule has 0 unspecified atom stereocenters. The van der Waals surface area contributed by atoms with Crippen molar-refractivity contribution in [2.45, 2.75) is 13.3 Å². The molecule has 1 N–H and O–H groups in total. The number of carbonyl (C=O) groups is 1. The average Bonchev–Trinajstić information content (AvgIpc) is 3.39. The first-order chi connectivity index (χ1) is 15.0. The van der Waals surface area contributed by atoms with Crippen LogP contribution in [0.5, 0.6) is 11.5 Å². The summed E-state index contributed by atoms with van der Waals surface area (Å²) in [5.41, 5.74) is 1.82. The Bertz CT molecular complexity index is 1460. The van der Waals surface area contributed by atoms with Crippen molar-refractivity contribution in [1.29, 1.82) is 0 Å². The molecule has 2 aromatic carbocycles. The average molecular weight is 452 g/mol. The summed E-state index contributed by atoms with van der Waals surface area (Å²) in [6.07, 6.45) is 3.68. The first-order valence-electron chi connectivity index (χ1n) is 9.56. The van der Waals surface area contributed by atoms with Crippen LogP contribution in [0.2, 0.25) is 10.2 Å². The van der Waals surface area contributed by atoms with Crippen LogP contribution < -0.4 is 4.74 Å². The molecule has 0 amide bonds. The zero-order valence-corrected chi connectivity index (χ0v) is 17.8. The molecule has 154 valence electrons. The topological polar surface area (TPSA) is 81.0 Å². The lowest BCUT2D eigenvalue weighted by atomic mass is 10.0. The Morgan fingerprint density at radius 1 is 1.13 bits per heavy atom. The number of furan rings is 1. The van der Waals surface area contributed by atoms with E-state index in [9.17, 15) is 4.79 Å². The highest BCUT2D eigenvalue weighted by atomic mass is 35.5. The third-order valence-electron chi connectivity index (χ3n) is 4.99. The van der Waals surface area contributed by atoms with E-state index >= 15 is 0 Å². The molecule has 0 atom stereocenters. The minimum Gasteiger partial charge on any atom is -0.457 e. The predicted molar refractivity (Wildman–Crippen MR) is 119 cm³/mol. The smallest absolute Gasteiger partial charge is 0.196 e. The molecule has 6 nitrogen and oxygen atoms in total. The minimum absolute atomic E-state index is 0.198. The number of aryl methyl sites for hydroxylation is 1. The van der Waals surface area contributed by atoms with Gasteiger partial charge >= 0.3 is 0 Å². The number of nitrogens with one attached hydrogen (secondary N) is 1. The third-order valence-corrected chi connectivity index (χ3v) is 5.59. The van der Waals surface area contributed by atoms with Crippen molar-refractivity contribution >= 4 is 51.0 Å². The van der Waals surface area contributed by atoms with E-state index in [4.69, 9.17) is 32.4 Å². The van der Waals surface area contributed by atoms with Crippen LogP contribution in [-0.4, -0.2) is 20.7 Å². The fourth-order valence-electron chi connectivity index (χ4n) is 3.46. The van der Waals surface area contributed by atoms with Crippen LogP contribution in [0.4, 0.5) is 0 Å². The zero-order valence-electron chi connectivity index (χ0n) is 16.3. The van der Waals surface area contributed by atoms with Gasteiger partial charge in [-0.2, -0.15) is 0 Å². The van der Waals surface area contributed by atoms with Gasteiger partial charge in [-0.3, -0.25) is 4.79 Å². The highest BCUT2D eigenvalue weighted by molar-refractivity contribution is 6.38. The largest absolute Gasteiger partial charge is 0.457 e. The molecule has 0 saturated carbocycles. The number of carbonyl (C=O) groups excluding carboxylic acids is 1. The second-order valence-corrected chi connectivity index (χ2v) is 7.67. The normalized spacial score (nSPS) is 11.3. The summed E-state index contributed by atoms with van der Waals surface area (Å²) in [4.78, 5) is 24.1. The summed E-state index contributed by atoms with van der Waals surface area (Å²) >= 11 is 12.6. The summed E-state index contributed by atoms with van der Waals surface area (Å²) in [6.45, 7) is 2.03. The second-order valence-electron chi connectivity index (χ2n) is 6.90. The SMILES string of the molecule is CCc1cc2cccc(Oc3ccc(C(=O)c4c[nH]c5ncnc(Cl)c45)c(Cl)c3)c2o1. The van der Waals surface area contributed by atoms with Crippen LogP contribution in [0.25, 0.3) is 22.0 Å². The Balaban J connectivity index is 1.48. The number of hydrogen-bond donors (Lipinski definition) is 1. The number of fused-ring (bicyclic) bond motifs is 2. The van der Waals surface area contributed by atoms with Gasteiger partial charge in [0.1, 0.15) is 28.6 Å². The number of rotatable bonds is 5. The second kappa shape index (κ2) is 7.72. The van der Waals surface area contributed by atoms with Gasteiger partial charge in [0.2, 0.25) is 0 Å². The van der Waals surface area contributed by atoms with Crippen LogP contribution in [0.1, 0.15) is 28.6 Å². The van der Waals surface area contributed by atoms with Gasteiger partial charge in [-0.25, -0.2) is 9.97 Å². The fourth-order valence-corrected chi connectivity index (χ4v) is 3.96. The number of benzene rings is 2. The van der Waals surface area contributed by atoms with Crippen LogP contribution >= 0.6 is 23.2 Å². The molecular weight excluding hydrogens is 437 g/mol. The third kappa shape index (κ3) is 3.44. The van der Waals surface area contributed by atoms with Gasteiger partial charge in [0, 0.05) is 29.6 Å². The van der Waals surface area contributed by atoms with Crippen molar-refractivity contribution in [3.05, 3.63) is 82.1 Å². The van der Waals surface area contributed by atoms with Gasteiger partial charge < -0.3 is 14.1 Å². The van der Waals surface area contributed by atoms with E-state index in [2.05, 4.69) is 15.0 Å². The number of para-hydroxylation sites is 1. The number of ketones is 1. The van der Waals surface area contributed by atoms with E-state index in [1.54, 1.807) is 24.4 Å². The molecule has 0 saturated heterocycles. The summed E-state index contributed by atoms with van der Waals surface area (Å²) < 4.78 is 11.9. The van der Waals surface area contributed by atoms with E-state index in [1.807, 2.05) is 31.2 Å². The molecule has 5 rings (SSSR count). The summed E-state index contributed by atoms with van der Waals surface area (Å²) in [5.74, 6) is 1.66. The molecule has 31 heavy (non-hydrogen) atoms. The van der Waals surface area contributed by atoms with Crippen molar-refractivity contribution < 1.29 is 13.9 Å². The molecule has 5 aromatic rings. The Morgan fingerprint density at radius 3 is 2.81 bits per heavy atom. The monoisotopic (exact) mass is 451 g/mol. The predicted octanol–water partition coefficient (Wildman–Crippen LogP) is 6.60. The quantitative estimate of drug-likeness (QED) is 0.240. The first-order valence-corrected chi connectivity index (χ1v) is 10.3. The number of H-pyrrole nitrogens is 1. The number of halogens is 2. The molecule has 0 fully saturated rings. The lowest BCUT2D eigenvalue weighted by Gasteiger charge is -2.09. The summed E-state index contributed by atoms with van der Waals surface area (Å²) in [7, 11) is 0. The number of ether oxygens (including phenoxy) is 1. The molecule has 8 heteroatoms. The zero-order chi connectivity index (χ0) is 21.5. The molecule has 3 aromatic heterocycles. The van der Waals surface area contributed by atoms with E-state index < -0.39 is 0 Å². The van der Waals surface area contributed by atoms with Crippen LogP contribution in [0, 0.1) is 0 Å². The maximum atomic E-state index is 13.1. The van der Waals surface area contributed by atoms with Gasteiger partial charge in [-0.05, 0) is 24.3 Å². The van der Waals surface area contributed by atoms with Crippen molar-refractivity contribution in [2.24, 2.45) is 0 Å². The maximum Gasteiger partial charge on any atom is 0.196 e. The molecule has 0 spiro atoms. The molecular formula is C23H15Cl2N3O3. The lowest BCUT2D eigenvalue weighted by Crippen LogP contribution is -2.02. The van der Waals surface area contributed by atoms with E-state index in [0.717, 1.165) is 17.6 Å². The summed E-state index contributed by atoms with van der Waals surface area (Å²) in [5, 5.41) is 1.88. The van der Waals surface area contributed by atoms with E-state index in [0.29, 0.717) is 39.2 Å². The first kappa shape index (κ1) is 19.6. The molecule has 0 radical (unpaired) electrons. The maximum absolute atomic E-state index is 13.1. The molecule has 0 bridgehead atoms. The Morgan fingerprint density at radius 2 is 2.00 bits per heavy atom. The standard InChI is InChI=1S/C23H15Cl2N3O3/c1-2-13-8-12-4-3-5-18(21(12)31-13)30-14-6-7-15(17(24)9-14)20(29)16-10-26-23-19(16)22(25)27-11-28-23/h3-11H,2H2,1H3,(H,26,27,28). The summed E-state index contributed by atoms with van der Waals surface area (Å²) in [6, 6.07) is 12.6. The van der Waals surface area contributed by atoms with E-state index in [-0.39, 0.29) is 16.0 Å². The highest BCUT2D eigenvalue weighted by Crippen LogP contribution is 2.35. The van der Waals surface area contributed by atoms with Gasteiger partial charge in [0.05, 0.1) is 16.0 Å². The van der Waals surface area contributed by atoms with Gasteiger partial charge in [0.25, 0.3) is 0 Å². The fraction of sp³-hybridized carbons (Fsp3) is 0.0870. The Labute approximate surface area is 186 Å². The van der Waals surface area contributed by atoms with Crippen molar-refractivity contribution in [3.8, 4) is 11.5 Å². The van der Waals surface area contributed by atoms with Crippen molar-refractivity contribution in [1.82, 2.24) is 15.0 Å². The molecule has 3 heterocycles. The van der Waals surface area contributed by atoms with Crippen molar-refractivity contribution in [2.75, 3.05) is 0 Å². The number of aromatic amines is 1. The minimum atomic E-state index is -0.291. The van der Waals surface area contributed by atoms with Gasteiger partial charge in [-0.15, -0.1) is 0 Å². The van der Waals surface area contributed by atoms with E-state index in [1.165, 1.54) is 6.33 Å². The van der Waals surface area contributed by atoms with Crippen molar-refractivity contribution in [3.63, 3.8) is 0 Å². The van der Waals surface area contributed by atoms with Gasteiger partial charge in [0.15, 0.2) is 17.1 Å². The van der Waals surface area contributed by atoms with Gasteiger partial charge in [-0.1, -0.05) is 42.3 Å². The highest BCUT2D eigenvalue weighted by Gasteiger charge is 2.20. The molecule has 0 aliphatic rings. The number of nitrogens with zero attached hydrogens (tertiary/aromatic N) is 2. The number of hydrogen-bond acceptors (Lipinski definition) is 5. The number of aromatic nitrogens is 3. The van der Waals surface area contributed by atoms with Crippen LogP contribution in [-0.2, 0) is 6.42 Å². The molecule has 0 aliphatic carbocycles. The molecule has 0 aliphatic heterocycles. The Kier molecular flexibility index (Phi) is 4.88. The lowest BCUT2D eigenvalue weighted by molar-refractivity contribution is 0.104. The van der Waals surface area contributed by atoms with Crippen LogP contribution in [0.15, 0.2) is 59.4 Å². The van der Waals surface area contributed by atoms with Crippen LogP contribution in [0.3, 0.4) is 0 Å². The Hall–Kier alpha value is -3.35.